The summed E-state index contributed by atoms with van der Waals surface area (Å²) in [5.41, 5.74) is 2.34. The second kappa shape index (κ2) is 7.26. The predicted octanol–water partition coefficient (Wildman–Crippen LogP) is 2.13. The Kier molecular flexibility index (Phi) is 4.78. The number of alkyl carbamates (subject to hydrolysis) is 1. The Balaban J connectivity index is 1.46. The zero-order chi connectivity index (χ0) is 19.7. The average molecular weight is 383 g/mol. The molecule has 4 rings (SSSR count). The summed E-state index contributed by atoms with van der Waals surface area (Å²) in [6.45, 7) is 0.137. The van der Waals surface area contributed by atoms with E-state index in [0.29, 0.717) is 0 Å². The van der Waals surface area contributed by atoms with Crippen molar-refractivity contribution in [2.75, 3.05) is 19.8 Å². The lowest BCUT2D eigenvalue weighted by Gasteiger charge is -2.36. The molecule has 1 fully saturated rings. The number of benzene rings is 2. The Hall–Kier alpha value is -2.90. The van der Waals surface area contributed by atoms with Gasteiger partial charge in [0, 0.05) is 12.3 Å². The van der Waals surface area contributed by atoms with E-state index in [1.165, 1.54) is 0 Å². The van der Waals surface area contributed by atoms with Crippen molar-refractivity contribution in [3.05, 3.63) is 59.7 Å². The molecule has 2 unspecified atom stereocenters. The maximum Gasteiger partial charge on any atom is 0.407 e. The van der Waals surface area contributed by atoms with Crippen molar-refractivity contribution in [2.24, 2.45) is 0 Å². The lowest BCUT2D eigenvalue weighted by molar-refractivity contribution is -0.172. The molecule has 0 bridgehead atoms. The molecule has 0 aromatic heterocycles. The van der Waals surface area contributed by atoms with E-state index in [1.807, 2.05) is 48.5 Å². The predicted molar refractivity (Wildman–Crippen MR) is 100 cm³/mol. The fourth-order valence-corrected chi connectivity index (χ4v) is 3.94. The molecule has 0 spiro atoms. The van der Waals surface area contributed by atoms with E-state index in [-0.39, 0.29) is 32.2 Å². The van der Waals surface area contributed by atoms with Gasteiger partial charge in [0.15, 0.2) is 5.60 Å². The number of hydrogen-bond acceptors (Lipinski definition) is 5. The molecule has 1 saturated heterocycles. The maximum atomic E-state index is 12.3. The molecule has 146 valence electrons. The smallest absolute Gasteiger partial charge is 0.407 e. The molecule has 28 heavy (non-hydrogen) atoms. The normalized spacial score (nSPS) is 23.5. The largest absolute Gasteiger partial charge is 0.479 e. The van der Waals surface area contributed by atoms with Crippen LogP contribution in [0, 0.1) is 0 Å². The molecule has 2 atom stereocenters. The van der Waals surface area contributed by atoms with Crippen molar-refractivity contribution >= 4 is 12.1 Å². The van der Waals surface area contributed by atoms with Crippen LogP contribution in [0.1, 0.15) is 23.5 Å². The fourth-order valence-electron chi connectivity index (χ4n) is 3.94. The van der Waals surface area contributed by atoms with Crippen molar-refractivity contribution in [1.82, 2.24) is 5.32 Å². The van der Waals surface area contributed by atoms with E-state index in [1.54, 1.807) is 0 Å². The Bertz CT molecular complexity index is 868. The fraction of sp³-hybridized carbons (Fsp3) is 0.333. The van der Waals surface area contributed by atoms with Gasteiger partial charge in [-0.2, -0.15) is 0 Å². The number of carbonyl (C=O) groups is 2. The second-order valence-electron chi connectivity index (χ2n) is 7.08. The van der Waals surface area contributed by atoms with Gasteiger partial charge in [-0.25, -0.2) is 9.59 Å². The number of carboxylic acids is 1. The molecule has 3 N–H and O–H groups in total. The van der Waals surface area contributed by atoms with E-state index >= 15 is 0 Å². The van der Waals surface area contributed by atoms with E-state index in [9.17, 15) is 19.8 Å². The standard InChI is InChI=1S/C21H21NO6/c23-19(24)21(26)9-10-27-12-18(21)22-20(25)28-11-17-15-7-3-1-5-13(15)14-6-2-4-8-16(14)17/h1-8,17-18,26H,9-12H2,(H,22,25)(H,23,24). The van der Waals surface area contributed by atoms with Gasteiger partial charge in [-0.3, -0.25) is 0 Å². The SMILES string of the molecule is O=C(NC1COCCC1(O)C(=O)O)OCC1c2ccccc2-c2ccccc21. The Morgan fingerprint density at radius 1 is 1.11 bits per heavy atom. The van der Waals surface area contributed by atoms with Crippen LogP contribution < -0.4 is 5.32 Å². The second-order valence-corrected chi connectivity index (χ2v) is 7.08. The maximum absolute atomic E-state index is 12.3. The Morgan fingerprint density at radius 2 is 1.71 bits per heavy atom. The van der Waals surface area contributed by atoms with Crippen LogP contribution in [0.15, 0.2) is 48.5 Å². The van der Waals surface area contributed by atoms with Crippen LogP contribution in [0.5, 0.6) is 0 Å². The minimum absolute atomic E-state index is 0.0903. The molecule has 0 saturated carbocycles. The van der Waals surface area contributed by atoms with Crippen LogP contribution in [0.2, 0.25) is 0 Å². The van der Waals surface area contributed by atoms with E-state index in [4.69, 9.17) is 9.47 Å². The van der Waals surface area contributed by atoms with Crippen molar-refractivity contribution in [3.8, 4) is 11.1 Å². The molecule has 1 amide bonds. The summed E-state index contributed by atoms with van der Waals surface area (Å²) in [5.74, 6) is -1.49. The molecule has 7 heteroatoms. The van der Waals surface area contributed by atoms with Gasteiger partial charge < -0.3 is 25.0 Å². The lowest BCUT2D eigenvalue weighted by Crippen LogP contribution is -2.62. The van der Waals surface area contributed by atoms with Gasteiger partial charge in [-0.1, -0.05) is 48.5 Å². The summed E-state index contributed by atoms with van der Waals surface area (Å²) in [6.07, 6.45) is -0.881. The first-order valence-electron chi connectivity index (χ1n) is 9.16. The molecule has 2 aromatic carbocycles. The quantitative estimate of drug-likeness (QED) is 0.747. The van der Waals surface area contributed by atoms with Crippen molar-refractivity contribution in [1.29, 1.82) is 0 Å². The third kappa shape index (κ3) is 3.12. The van der Waals surface area contributed by atoms with Crippen LogP contribution >= 0.6 is 0 Å². The number of amides is 1. The third-order valence-electron chi connectivity index (χ3n) is 5.49. The van der Waals surface area contributed by atoms with Crippen LogP contribution in [0.3, 0.4) is 0 Å². The lowest BCUT2D eigenvalue weighted by atomic mass is 9.89. The number of fused-ring (bicyclic) bond motifs is 3. The summed E-state index contributed by atoms with van der Waals surface area (Å²) >= 11 is 0. The van der Waals surface area contributed by atoms with Gasteiger partial charge in [0.25, 0.3) is 0 Å². The van der Waals surface area contributed by atoms with Gasteiger partial charge in [-0.15, -0.1) is 0 Å². The topological polar surface area (TPSA) is 105 Å². The van der Waals surface area contributed by atoms with Crippen LogP contribution in [-0.4, -0.2) is 53.7 Å². The van der Waals surface area contributed by atoms with Gasteiger partial charge in [-0.05, 0) is 22.3 Å². The van der Waals surface area contributed by atoms with Gasteiger partial charge in [0.05, 0.1) is 19.3 Å². The highest BCUT2D eigenvalue weighted by molar-refractivity contribution is 5.80. The number of carbonyl (C=O) groups excluding carboxylic acids is 1. The number of rotatable bonds is 4. The molecule has 0 radical (unpaired) electrons. The molecular formula is C21H21NO6. The summed E-state index contributed by atoms with van der Waals surface area (Å²) in [4.78, 5) is 23.7. The van der Waals surface area contributed by atoms with Gasteiger partial charge in [0.1, 0.15) is 6.61 Å². The zero-order valence-electron chi connectivity index (χ0n) is 15.1. The number of nitrogens with one attached hydrogen (secondary N) is 1. The average Bonchev–Trinajstić information content (AvgIpc) is 3.02. The molecule has 2 aromatic rings. The highest BCUT2D eigenvalue weighted by Gasteiger charge is 2.47. The number of ether oxygens (including phenoxy) is 2. The number of aliphatic carboxylic acids is 1. The molecule has 2 aliphatic rings. The first-order chi connectivity index (χ1) is 13.5. The molecule has 1 aliphatic carbocycles. The zero-order valence-corrected chi connectivity index (χ0v) is 15.1. The summed E-state index contributed by atoms with van der Waals surface area (Å²) < 4.78 is 10.6. The van der Waals surface area contributed by atoms with Gasteiger partial charge >= 0.3 is 12.1 Å². The Morgan fingerprint density at radius 3 is 2.32 bits per heavy atom. The molecule has 1 aliphatic heterocycles. The van der Waals surface area contributed by atoms with Crippen molar-refractivity contribution < 1.29 is 29.3 Å². The van der Waals surface area contributed by atoms with Crippen LogP contribution in [0.25, 0.3) is 11.1 Å². The minimum atomic E-state index is -2.07. The molecule has 7 nitrogen and oxygen atoms in total. The highest BCUT2D eigenvalue weighted by atomic mass is 16.6. The highest BCUT2D eigenvalue weighted by Crippen LogP contribution is 2.44. The first kappa shape index (κ1) is 18.5. The van der Waals surface area contributed by atoms with E-state index < -0.39 is 23.7 Å². The minimum Gasteiger partial charge on any atom is -0.479 e. The molecule has 1 heterocycles. The third-order valence-corrected chi connectivity index (χ3v) is 5.49. The Labute approximate surface area is 161 Å². The number of hydrogen-bond donors (Lipinski definition) is 3. The van der Waals surface area contributed by atoms with Crippen LogP contribution in [-0.2, 0) is 14.3 Å². The summed E-state index contributed by atoms with van der Waals surface area (Å²) in [6, 6.07) is 14.9. The van der Waals surface area contributed by atoms with Crippen LogP contribution in [0.4, 0.5) is 4.79 Å². The summed E-state index contributed by atoms with van der Waals surface area (Å²) in [7, 11) is 0. The van der Waals surface area contributed by atoms with E-state index in [0.717, 1.165) is 22.3 Å². The van der Waals surface area contributed by atoms with Gasteiger partial charge in [0.2, 0.25) is 0 Å². The van der Waals surface area contributed by atoms with Crippen molar-refractivity contribution in [3.63, 3.8) is 0 Å². The summed E-state index contributed by atoms with van der Waals surface area (Å²) in [5, 5.41) is 22.1. The first-order valence-corrected chi connectivity index (χ1v) is 9.16. The van der Waals surface area contributed by atoms with Crippen molar-refractivity contribution in [2.45, 2.75) is 24.0 Å². The number of aliphatic hydroxyl groups is 1. The molecular weight excluding hydrogens is 362 g/mol. The van der Waals surface area contributed by atoms with E-state index in [2.05, 4.69) is 5.32 Å². The monoisotopic (exact) mass is 383 g/mol. The number of carboxylic acid groups (broad SMARTS) is 1.